The predicted molar refractivity (Wildman–Crippen MR) is 103 cm³/mol. The first kappa shape index (κ1) is 22.4. The highest BCUT2D eigenvalue weighted by molar-refractivity contribution is 5.87. The van der Waals surface area contributed by atoms with Gasteiger partial charge in [0.1, 0.15) is 24.4 Å². The monoisotopic (exact) mass is 412 g/mol. The molecule has 0 aromatic heterocycles. The Kier molecular flexibility index (Phi) is 6.53. The van der Waals surface area contributed by atoms with Crippen molar-refractivity contribution in [2.45, 2.75) is 76.3 Å². The molecule has 5 N–H and O–H groups in total. The Morgan fingerprint density at radius 2 is 2.00 bits per heavy atom. The van der Waals surface area contributed by atoms with E-state index >= 15 is 0 Å². The van der Waals surface area contributed by atoms with Crippen LogP contribution in [-0.4, -0.2) is 74.9 Å². The van der Waals surface area contributed by atoms with Gasteiger partial charge in [-0.05, 0) is 44.4 Å². The summed E-state index contributed by atoms with van der Waals surface area (Å²) in [5.74, 6) is -0.934. The number of hydrogen-bond acceptors (Lipinski definition) is 7. The third kappa shape index (κ3) is 4.02. The van der Waals surface area contributed by atoms with Crippen LogP contribution in [0.4, 0.5) is 0 Å². The number of rotatable bonds is 5. The van der Waals surface area contributed by atoms with Crippen LogP contribution in [0, 0.1) is 17.3 Å². The van der Waals surface area contributed by atoms with Gasteiger partial charge in [-0.2, -0.15) is 0 Å². The minimum absolute atomic E-state index is 0.237. The first-order valence-corrected chi connectivity index (χ1v) is 10.1. The van der Waals surface area contributed by atoms with Crippen LogP contribution in [0.1, 0.15) is 39.5 Å². The molecule has 9 unspecified atom stereocenters. The Labute approximate surface area is 170 Å². The predicted octanol–water partition coefficient (Wildman–Crippen LogP) is 0.585. The molecule has 9 atom stereocenters. The molecule has 8 nitrogen and oxygen atoms in total. The van der Waals surface area contributed by atoms with E-state index < -0.39 is 54.8 Å². The molecule has 3 rings (SSSR count). The number of fused-ring (bicyclic) bond motifs is 1. The van der Waals surface area contributed by atoms with Crippen LogP contribution in [0.2, 0.25) is 0 Å². The normalized spacial score (nSPS) is 45.2. The highest BCUT2D eigenvalue weighted by atomic mass is 16.7. The number of carboxylic acid groups (broad SMARTS) is 1. The summed E-state index contributed by atoms with van der Waals surface area (Å²) < 4.78 is 11.6. The summed E-state index contributed by atoms with van der Waals surface area (Å²) in [7, 11) is 0. The zero-order valence-corrected chi connectivity index (χ0v) is 16.9. The number of carbonyl (C=O) groups is 1. The first-order chi connectivity index (χ1) is 13.6. The third-order valence-corrected chi connectivity index (χ3v) is 7.10. The molecule has 0 amide bonds. The van der Waals surface area contributed by atoms with Crippen LogP contribution in [0.3, 0.4) is 0 Å². The van der Waals surface area contributed by atoms with Crippen molar-refractivity contribution in [3.63, 3.8) is 0 Å². The van der Waals surface area contributed by atoms with Gasteiger partial charge in [0.25, 0.3) is 0 Å². The number of aliphatic carboxylic acids is 1. The van der Waals surface area contributed by atoms with Gasteiger partial charge in [0.05, 0.1) is 12.7 Å². The molecule has 1 heterocycles. The molecule has 164 valence electrons. The van der Waals surface area contributed by atoms with Crippen LogP contribution < -0.4 is 0 Å². The first-order valence-electron chi connectivity index (χ1n) is 10.1. The zero-order chi connectivity index (χ0) is 21.5. The zero-order valence-electron chi connectivity index (χ0n) is 16.9. The van der Waals surface area contributed by atoms with Crippen LogP contribution in [-0.2, 0) is 14.3 Å². The van der Waals surface area contributed by atoms with Gasteiger partial charge in [-0.3, -0.25) is 0 Å². The van der Waals surface area contributed by atoms with Gasteiger partial charge in [0.15, 0.2) is 6.29 Å². The second-order valence-corrected chi connectivity index (χ2v) is 8.90. The van der Waals surface area contributed by atoms with Crippen LogP contribution in [0.5, 0.6) is 0 Å². The molecule has 8 heteroatoms. The summed E-state index contributed by atoms with van der Waals surface area (Å²) in [5, 5.41) is 49.4. The Bertz CT molecular complexity index is 674. The molecular formula is C21H32O8. The maximum Gasteiger partial charge on any atom is 0.331 e. The molecule has 0 aromatic rings. The second kappa shape index (κ2) is 8.45. The SMILES string of the molecule is C=C(C)C1CCC2(C)C(OC3OC(CO)C(O)C(O)C3O)CC=C(C(=O)O)C2C1. The quantitative estimate of drug-likeness (QED) is 0.414. The fourth-order valence-electron chi connectivity index (χ4n) is 5.08. The number of aliphatic hydroxyl groups excluding tert-OH is 4. The van der Waals surface area contributed by atoms with Crippen molar-refractivity contribution < 1.29 is 39.8 Å². The van der Waals surface area contributed by atoms with Crippen molar-refractivity contribution in [3.05, 3.63) is 23.8 Å². The third-order valence-electron chi connectivity index (χ3n) is 7.10. The van der Waals surface area contributed by atoms with E-state index in [1.165, 1.54) is 0 Å². The maximum atomic E-state index is 11.9. The van der Waals surface area contributed by atoms with Gasteiger partial charge >= 0.3 is 5.97 Å². The molecule has 0 radical (unpaired) electrons. The Balaban J connectivity index is 1.85. The number of ether oxygens (including phenoxy) is 2. The van der Waals surface area contributed by atoms with Crippen LogP contribution in [0.15, 0.2) is 23.8 Å². The topological polar surface area (TPSA) is 137 Å². The van der Waals surface area contributed by atoms with Gasteiger partial charge in [-0.1, -0.05) is 25.2 Å². The van der Waals surface area contributed by atoms with E-state index in [9.17, 15) is 30.3 Å². The lowest BCUT2D eigenvalue weighted by molar-refractivity contribution is -0.322. The van der Waals surface area contributed by atoms with Crippen molar-refractivity contribution >= 4 is 5.97 Å². The molecule has 2 fully saturated rings. The lowest BCUT2D eigenvalue weighted by atomic mass is 9.56. The Morgan fingerprint density at radius 1 is 1.31 bits per heavy atom. The summed E-state index contributed by atoms with van der Waals surface area (Å²) in [5.41, 5.74) is 0.925. The molecule has 1 saturated heterocycles. The van der Waals surface area contributed by atoms with E-state index in [0.717, 1.165) is 18.4 Å². The average Bonchev–Trinajstić information content (AvgIpc) is 2.67. The molecule has 1 aliphatic heterocycles. The molecule has 1 saturated carbocycles. The molecule has 0 spiro atoms. The number of allylic oxidation sites excluding steroid dienone is 1. The van der Waals surface area contributed by atoms with Crippen molar-refractivity contribution in [3.8, 4) is 0 Å². The van der Waals surface area contributed by atoms with Gasteiger partial charge in [-0.15, -0.1) is 0 Å². The van der Waals surface area contributed by atoms with E-state index in [4.69, 9.17) is 9.47 Å². The highest BCUT2D eigenvalue weighted by Crippen LogP contribution is 2.54. The van der Waals surface area contributed by atoms with Crippen molar-refractivity contribution in [1.82, 2.24) is 0 Å². The molecule has 2 aliphatic carbocycles. The second-order valence-electron chi connectivity index (χ2n) is 8.90. The van der Waals surface area contributed by atoms with E-state index in [1.807, 2.05) is 13.8 Å². The molecular weight excluding hydrogens is 380 g/mol. The Morgan fingerprint density at radius 3 is 2.59 bits per heavy atom. The van der Waals surface area contributed by atoms with Crippen LogP contribution in [0.25, 0.3) is 0 Å². The molecule has 0 bridgehead atoms. The summed E-state index contributed by atoms with van der Waals surface area (Å²) in [6.45, 7) is 7.47. The summed E-state index contributed by atoms with van der Waals surface area (Å²) in [6.07, 6.45) is -2.90. The van der Waals surface area contributed by atoms with Crippen molar-refractivity contribution in [2.75, 3.05) is 6.61 Å². The van der Waals surface area contributed by atoms with Crippen LogP contribution >= 0.6 is 0 Å². The largest absolute Gasteiger partial charge is 0.478 e. The lowest BCUT2D eigenvalue weighted by Gasteiger charge is -2.52. The maximum absolute atomic E-state index is 11.9. The van der Waals surface area contributed by atoms with Gasteiger partial charge in [0.2, 0.25) is 0 Å². The van der Waals surface area contributed by atoms with E-state index in [0.29, 0.717) is 18.4 Å². The fraction of sp³-hybridized carbons (Fsp3) is 0.762. The number of aliphatic hydroxyl groups is 4. The van der Waals surface area contributed by atoms with E-state index in [-0.39, 0.29) is 11.8 Å². The summed E-state index contributed by atoms with van der Waals surface area (Å²) in [4.78, 5) is 11.9. The molecule has 3 aliphatic rings. The minimum Gasteiger partial charge on any atom is -0.478 e. The number of carboxylic acids is 1. The fourth-order valence-corrected chi connectivity index (χ4v) is 5.08. The standard InChI is InChI=1S/C21H32O8/c1-10(2)11-6-7-21(3)13(8-11)12(19(26)27)4-5-15(21)29-20-18(25)17(24)16(23)14(9-22)28-20/h4,11,13-18,20,22-25H,1,5-9H2,2-3H3,(H,26,27). The minimum atomic E-state index is -1.51. The van der Waals surface area contributed by atoms with Gasteiger partial charge < -0.3 is 35.0 Å². The highest BCUT2D eigenvalue weighted by Gasteiger charge is 2.53. The number of hydrogen-bond donors (Lipinski definition) is 5. The van der Waals surface area contributed by atoms with E-state index in [2.05, 4.69) is 6.58 Å². The Hall–Kier alpha value is -1.29. The summed E-state index contributed by atoms with van der Waals surface area (Å²) >= 11 is 0. The summed E-state index contributed by atoms with van der Waals surface area (Å²) in [6, 6.07) is 0. The van der Waals surface area contributed by atoms with E-state index in [1.54, 1.807) is 6.08 Å². The van der Waals surface area contributed by atoms with Gasteiger partial charge in [-0.25, -0.2) is 4.79 Å². The van der Waals surface area contributed by atoms with Gasteiger partial charge in [0, 0.05) is 11.0 Å². The smallest absolute Gasteiger partial charge is 0.331 e. The molecule has 0 aromatic carbocycles. The average molecular weight is 412 g/mol. The molecule has 29 heavy (non-hydrogen) atoms. The lowest BCUT2D eigenvalue weighted by Crippen LogP contribution is -2.61. The van der Waals surface area contributed by atoms with Crippen molar-refractivity contribution in [1.29, 1.82) is 0 Å². The van der Waals surface area contributed by atoms with Crippen molar-refractivity contribution in [2.24, 2.45) is 17.3 Å².